The first kappa shape index (κ1) is 32.8. The van der Waals surface area contributed by atoms with Gasteiger partial charge in [0.05, 0.1) is 0 Å². The number of hydrogen-bond acceptors (Lipinski definition) is 5. The average molecular weight is 549 g/mol. The van der Waals surface area contributed by atoms with Crippen molar-refractivity contribution < 1.29 is 23.9 Å². The molecule has 2 fully saturated rings. The first-order chi connectivity index (χ1) is 18.4. The fourth-order valence-corrected chi connectivity index (χ4v) is 5.38. The largest absolute Gasteiger partial charge is 0.381 e. The number of hydrogen-bond donors (Lipinski definition) is 0. The van der Waals surface area contributed by atoms with E-state index in [1.165, 1.54) is 20.9 Å². The first-order valence-corrected chi connectivity index (χ1v) is 14.8. The van der Waals surface area contributed by atoms with Gasteiger partial charge in [-0.2, -0.15) is 0 Å². The molecule has 0 aliphatic carbocycles. The van der Waals surface area contributed by atoms with Crippen LogP contribution in [0.25, 0.3) is 0 Å². The topological polar surface area (TPSA) is 90.5 Å². The number of unbranched alkanes of at least 4 members (excludes halogenated alkanes) is 2. The Labute approximate surface area is 235 Å². The molecule has 2 aliphatic heterocycles. The number of imide groups is 2. The Hall–Kier alpha value is -2.42. The highest BCUT2D eigenvalue weighted by atomic mass is 16.5. The van der Waals surface area contributed by atoms with E-state index >= 15 is 0 Å². The molecule has 2 saturated heterocycles. The maximum Gasteiger partial charge on any atom is 0.331 e. The van der Waals surface area contributed by atoms with Gasteiger partial charge in [-0.15, -0.1) is 0 Å². The van der Waals surface area contributed by atoms with Gasteiger partial charge in [0.1, 0.15) is 13.1 Å². The Morgan fingerprint density at radius 3 is 1.62 bits per heavy atom. The summed E-state index contributed by atoms with van der Waals surface area (Å²) in [7, 11) is 0. The normalized spacial score (nSPS) is 16.8. The molecule has 0 N–H and O–H groups in total. The molecular weight excluding hydrogens is 496 g/mol. The smallest absolute Gasteiger partial charge is 0.331 e. The highest BCUT2D eigenvalue weighted by Crippen LogP contribution is 2.30. The fraction of sp³-hybridized carbons (Fsp3) is 0.800. The van der Waals surface area contributed by atoms with Crippen molar-refractivity contribution in [2.45, 2.75) is 98.8 Å². The molecule has 0 aromatic carbocycles. The van der Waals surface area contributed by atoms with Gasteiger partial charge in [0, 0.05) is 39.0 Å². The van der Waals surface area contributed by atoms with E-state index in [2.05, 4.69) is 34.3 Å². The molecule has 0 saturated carbocycles. The summed E-state index contributed by atoms with van der Waals surface area (Å²) >= 11 is 0. The van der Waals surface area contributed by atoms with Crippen molar-refractivity contribution >= 4 is 23.9 Å². The van der Waals surface area contributed by atoms with E-state index in [0.29, 0.717) is 19.6 Å². The van der Waals surface area contributed by atoms with E-state index < -0.39 is 0 Å². The second-order valence-corrected chi connectivity index (χ2v) is 12.5. The third-order valence-corrected chi connectivity index (χ3v) is 8.07. The maximum atomic E-state index is 12.2. The number of ether oxygens (including phenoxy) is 1. The molecule has 0 bridgehead atoms. The average Bonchev–Trinajstić information content (AvgIpc) is 3.31. The Morgan fingerprint density at radius 1 is 0.718 bits per heavy atom. The zero-order valence-electron chi connectivity index (χ0n) is 25.1. The number of nitrogens with zero attached hydrogens (tertiary/aromatic N) is 4. The first-order valence-electron chi connectivity index (χ1n) is 14.8. The molecule has 0 spiro atoms. The Bertz CT molecular complexity index is 856. The lowest BCUT2D eigenvalue weighted by molar-refractivity contribution is -0.126. The number of urea groups is 2. The van der Waals surface area contributed by atoms with Crippen LogP contribution in [0.15, 0.2) is 12.8 Å². The summed E-state index contributed by atoms with van der Waals surface area (Å²) in [6.07, 6.45) is 11.5. The van der Waals surface area contributed by atoms with Gasteiger partial charge in [-0.05, 0) is 69.1 Å². The summed E-state index contributed by atoms with van der Waals surface area (Å²) in [4.78, 5) is 54.1. The number of amides is 6. The molecule has 6 amide bonds. The zero-order valence-corrected chi connectivity index (χ0v) is 25.1. The third-order valence-electron chi connectivity index (χ3n) is 8.07. The molecule has 2 rings (SSSR count). The van der Waals surface area contributed by atoms with Crippen LogP contribution in [0.2, 0.25) is 0 Å². The molecule has 0 unspecified atom stereocenters. The van der Waals surface area contributed by atoms with Crippen LogP contribution in [-0.4, -0.2) is 89.4 Å². The van der Waals surface area contributed by atoms with E-state index in [-0.39, 0.29) is 47.8 Å². The fourth-order valence-electron chi connectivity index (χ4n) is 5.38. The van der Waals surface area contributed by atoms with Crippen molar-refractivity contribution in [2.75, 3.05) is 45.9 Å². The van der Waals surface area contributed by atoms with Gasteiger partial charge in [0.2, 0.25) is 5.91 Å². The van der Waals surface area contributed by atoms with Gasteiger partial charge in [0.25, 0.3) is 5.91 Å². The Kier molecular flexibility index (Phi) is 12.9. The van der Waals surface area contributed by atoms with Gasteiger partial charge in [-0.25, -0.2) is 9.59 Å². The van der Waals surface area contributed by atoms with Crippen LogP contribution >= 0.6 is 0 Å². The number of carbonyl (C=O) groups is 4. The van der Waals surface area contributed by atoms with E-state index in [1.807, 2.05) is 6.92 Å². The lowest BCUT2D eigenvalue weighted by Crippen LogP contribution is -2.34. The summed E-state index contributed by atoms with van der Waals surface area (Å²) in [5.74, 6) is -0.219. The molecule has 0 radical (unpaired) electrons. The summed E-state index contributed by atoms with van der Waals surface area (Å²) in [5, 5.41) is 0. The van der Waals surface area contributed by atoms with Crippen LogP contribution in [0.5, 0.6) is 0 Å². The van der Waals surface area contributed by atoms with Crippen molar-refractivity contribution in [3.8, 4) is 0 Å². The zero-order chi connectivity index (χ0) is 29.1. The van der Waals surface area contributed by atoms with Gasteiger partial charge >= 0.3 is 12.1 Å². The van der Waals surface area contributed by atoms with Crippen LogP contribution in [0, 0.1) is 10.8 Å². The lowest BCUT2D eigenvalue weighted by Gasteiger charge is -2.26. The van der Waals surface area contributed by atoms with Gasteiger partial charge < -0.3 is 9.64 Å². The van der Waals surface area contributed by atoms with Gasteiger partial charge in [-0.1, -0.05) is 47.1 Å². The SMILES string of the molecule is C=CN1CC(=O)N(CCCC(C)(C)CCCCOCCCCC(C)(C)CCCN2C(=O)CN(CC)C2=O)C1=O. The molecule has 0 aromatic rings. The minimum Gasteiger partial charge on any atom is -0.381 e. The van der Waals surface area contributed by atoms with Crippen LogP contribution in [0.1, 0.15) is 98.8 Å². The predicted octanol–water partition coefficient (Wildman–Crippen LogP) is 5.65. The predicted molar refractivity (Wildman–Crippen MR) is 153 cm³/mol. The van der Waals surface area contributed by atoms with Crippen molar-refractivity contribution in [1.29, 1.82) is 0 Å². The van der Waals surface area contributed by atoms with Crippen LogP contribution in [0.4, 0.5) is 9.59 Å². The van der Waals surface area contributed by atoms with Crippen molar-refractivity contribution in [3.05, 3.63) is 12.8 Å². The molecule has 39 heavy (non-hydrogen) atoms. The molecule has 9 nitrogen and oxygen atoms in total. The Morgan fingerprint density at radius 2 is 1.18 bits per heavy atom. The third kappa shape index (κ3) is 10.6. The van der Waals surface area contributed by atoms with Crippen molar-refractivity contribution in [2.24, 2.45) is 10.8 Å². The van der Waals surface area contributed by atoms with Crippen LogP contribution < -0.4 is 0 Å². The van der Waals surface area contributed by atoms with Gasteiger partial charge in [0.15, 0.2) is 0 Å². The minimum absolute atomic E-state index is 0.0750. The van der Waals surface area contributed by atoms with Crippen molar-refractivity contribution in [3.63, 3.8) is 0 Å². The standard InChI is InChI=1S/C30H52N4O5/c1-7-31-23-25(35)33(27(31)37)19-13-17-29(3,4)15-9-11-21-39-22-12-10-16-30(5,6)18-14-20-34-26(36)24-32(8-2)28(34)38/h7H,1,8-24H2,2-6H3. The summed E-state index contributed by atoms with van der Waals surface area (Å²) < 4.78 is 5.87. The monoisotopic (exact) mass is 548 g/mol. The summed E-state index contributed by atoms with van der Waals surface area (Å²) in [5.41, 5.74) is 0.350. The highest BCUT2D eigenvalue weighted by molar-refractivity contribution is 6.02. The molecule has 2 heterocycles. The highest BCUT2D eigenvalue weighted by Gasteiger charge is 2.35. The minimum atomic E-state index is -0.259. The van der Waals surface area contributed by atoms with E-state index in [4.69, 9.17) is 4.74 Å². The summed E-state index contributed by atoms with van der Waals surface area (Å²) in [6, 6.07) is -0.403. The van der Waals surface area contributed by atoms with Crippen LogP contribution in [-0.2, 0) is 14.3 Å². The Balaban J connectivity index is 1.47. The van der Waals surface area contributed by atoms with Gasteiger partial charge in [-0.3, -0.25) is 24.3 Å². The van der Waals surface area contributed by atoms with E-state index in [9.17, 15) is 19.2 Å². The molecule has 0 atom stereocenters. The second-order valence-electron chi connectivity index (χ2n) is 12.5. The number of likely N-dealkylation sites (N-methyl/N-ethyl adjacent to an activating group) is 1. The van der Waals surface area contributed by atoms with Crippen molar-refractivity contribution in [1.82, 2.24) is 19.6 Å². The number of carbonyl (C=O) groups excluding carboxylic acids is 4. The van der Waals surface area contributed by atoms with Crippen LogP contribution in [0.3, 0.4) is 0 Å². The van der Waals surface area contributed by atoms with E-state index in [1.54, 1.807) is 4.90 Å². The number of rotatable bonds is 20. The maximum absolute atomic E-state index is 12.2. The second kappa shape index (κ2) is 15.4. The summed E-state index contributed by atoms with van der Waals surface area (Å²) in [6.45, 7) is 18.0. The molecule has 0 aromatic heterocycles. The molecule has 222 valence electrons. The van der Waals surface area contributed by atoms with E-state index in [0.717, 1.165) is 77.4 Å². The lowest BCUT2D eigenvalue weighted by atomic mass is 9.82. The molecule has 9 heteroatoms. The quantitative estimate of drug-likeness (QED) is 0.145. The molecule has 2 aliphatic rings. The molecular formula is C30H52N4O5.